The number of aromatic nitrogens is 1. The molecule has 0 unspecified atom stereocenters. The Balaban J connectivity index is 3.37. The number of alkyl halides is 2. The van der Waals surface area contributed by atoms with Crippen LogP contribution in [0.3, 0.4) is 0 Å². The SMILES string of the molecule is Nc1cc(CO)c(C(F)F)nc1[N+](=O)[O-]. The number of hydrogen-bond donors (Lipinski definition) is 2. The summed E-state index contributed by atoms with van der Waals surface area (Å²) >= 11 is 0. The van der Waals surface area contributed by atoms with Crippen molar-refractivity contribution in [3.8, 4) is 0 Å². The van der Waals surface area contributed by atoms with E-state index in [1.165, 1.54) is 0 Å². The summed E-state index contributed by atoms with van der Waals surface area (Å²) in [5.74, 6) is -0.831. The third-order valence-corrected chi connectivity index (χ3v) is 1.69. The lowest BCUT2D eigenvalue weighted by molar-refractivity contribution is -0.388. The van der Waals surface area contributed by atoms with E-state index in [4.69, 9.17) is 10.8 Å². The van der Waals surface area contributed by atoms with Crippen molar-refractivity contribution >= 4 is 11.5 Å². The van der Waals surface area contributed by atoms with E-state index in [-0.39, 0.29) is 11.3 Å². The molecule has 82 valence electrons. The molecule has 0 saturated carbocycles. The molecule has 1 aromatic rings. The third-order valence-electron chi connectivity index (χ3n) is 1.69. The van der Waals surface area contributed by atoms with Gasteiger partial charge in [-0.3, -0.25) is 0 Å². The van der Waals surface area contributed by atoms with Crippen molar-refractivity contribution in [2.75, 3.05) is 5.73 Å². The van der Waals surface area contributed by atoms with Crippen molar-refractivity contribution in [1.82, 2.24) is 4.98 Å². The molecule has 0 aliphatic heterocycles. The molecule has 1 heterocycles. The number of halogens is 2. The molecule has 0 amide bonds. The van der Waals surface area contributed by atoms with E-state index >= 15 is 0 Å². The molecule has 0 atom stereocenters. The summed E-state index contributed by atoms with van der Waals surface area (Å²) in [5.41, 5.74) is 3.82. The maximum atomic E-state index is 12.4. The number of nitrogens with two attached hydrogens (primary N) is 1. The van der Waals surface area contributed by atoms with Crippen LogP contribution < -0.4 is 5.73 Å². The maximum Gasteiger partial charge on any atom is 0.387 e. The second-order valence-electron chi connectivity index (χ2n) is 2.66. The van der Waals surface area contributed by atoms with Crippen molar-refractivity contribution in [3.63, 3.8) is 0 Å². The van der Waals surface area contributed by atoms with Gasteiger partial charge in [0.2, 0.25) is 5.69 Å². The van der Waals surface area contributed by atoms with Crippen LogP contribution in [0.2, 0.25) is 0 Å². The maximum absolute atomic E-state index is 12.4. The highest BCUT2D eigenvalue weighted by atomic mass is 19.3. The van der Waals surface area contributed by atoms with E-state index in [1.807, 2.05) is 0 Å². The molecule has 0 fully saturated rings. The molecular formula is C7H7F2N3O3. The van der Waals surface area contributed by atoms with Crippen LogP contribution in [0.25, 0.3) is 0 Å². The Kier molecular flexibility index (Phi) is 3.10. The van der Waals surface area contributed by atoms with Gasteiger partial charge in [0.05, 0.1) is 6.61 Å². The lowest BCUT2D eigenvalue weighted by atomic mass is 10.2. The van der Waals surface area contributed by atoms with Crippen molar-refractivity contribution in [2.24, 2.45) is 0 Å². The van der Waals surface area contributed by atoms with Gasteiger partial charge in [0.1, 0.15) is 5.69 Å². The fourth-order valence-corrected chi connectivity index (χ4v) is 1.04. The minimum Gasteiger partial charge on any atom is -0.392 e. The molecule has 6 nitrogen and oxygen atoms in total. The number of nitrogens with zero attached hydrogens (tertiary/aromatic N) is 2. The Bertz CT molecular complexity index is 397. The highest BCUT2D eigenvalue weighted by molar-refractivity contribution is 5.55. The predicted molar refractivity (Wildman–Crippen MR) is 46.2 cm³/mol. The number of hydrogen-bond acceptors (Lipinski definition) is 5. The standard InChI is InChI=1S/C7H7F2N3O3/c8-6(9)5-3(2-13)1-4(10)7(11-5)12(14)15/h1,6,13H,2,10H2. The summed E-state index contributed by atoms with van der Waals surface area (Å²) < 4.78 is 24.7. The molecule has 8 heteroatoms. The molecule has 15 heavy (non-hydrogen) atoms. The van der Waals surface area contributed by atoms with Gasteiger partial charge in [0, 0.05) is 5.56 Å². The largest absolute Gasteiger partial charge is 0.392 e. The number of anilines is 1. The minimum absolute atomic E-state index is 0.215. The second kappa shape index (κ2) is 4.13. The normalized spacial score (nSPS) is 10.7. The lowest BCUT2D eigenvalue weighted by Crippen LogP contribution is -2.06. The number of rotatable bonds is 3. The lowest BCUT2D eigenvalue weighted by Gasteiger charge is -2.03. The van der Waals surface area contributed by atoms with Gasteiger partial charge in [-0.15, -0.1) is 0 Å². The monoisotopic (exact) mass is 219 g/mol. The topological polar surface area (TPSA) is 102 Å². The average Bonchev–Trinajstić information content (AvgIpc) is 2.16. The van der Waals surface area contributed by atoms with Crippen molar-refractivity contribution in [3.05, 3.63) is 27.4 Å². The Hall–Kier alpha value is -1.83. The summed E-state index contributed by atoms with van der Waals surface area (Å²) in [4.78, 5) is 12.5. The van der Waals surface area contributed by atoms with Gasteiger partial charge in [0.15, 0.2) is 0 Å². The van der Waals surface area contributed by atoms with Gasteiger partial charge in [-0.25, -0.2) is 8.78 Å². The van der Waals surface area contributed by atoms with Crippen molar-refractivity contribution in [1.29, 1.82) is 0 Å². The summed E-state index contributed by atoms with van der Waals surface area (Å²) in [6, 6.07) is 0.923. The number of aliphatic hydroxyl groups excluding tert-OH is 1. The molecule has 0 spiro atoms. The summed E-state index contributed by atoms with van der Waals surface area (Å²) in [6.07, 6.45) is -2.99. The van der Waals surface area contributed by atoms with Gasteiger partial charge in [0.25, 0.3) is 0 Å². The highest BCUT2D eigenvalue weighted by Gasteiger charge is 2.25. The molecule has 1 rings (SSSR count). The zero-order valence-electron chi connectivity index (χ0n) is 7.35. The smallest absolute Gasteiger partial charge is 0.387 e. The number of aliphatic hydroxyl groups is 1. The second-order valence-corrected chi connectivity index (χ2v) is 2.66. The quantitative estimate of drug-likeness (QED) is 0.583. The van der Waals surface area contributed by atoms with Crippen LogP contribution >= 0.6 is 0 Å². The first-order chi connectivity index (χ1) is 6.97. The fraction of sp³-hybridized carbons (Fsp3) is 0.286. The van der Waals surface area contributed by atoms with E-state index < -0.39 is 29.5 Å². The van der Waals surface area contributed by atoms with E-state index in [2.05, 4.69) is 4.98 Å². The van der Waals surface area contributed by atoms with Crippen LogP contribution in [0, 0.1) is 10.1 Å². The molecular weight excluding hydrogens is 212 g/mol. The summed E-state index contributed by atoms with van der Waals surface area (Å²) in [6.45, 7) is -0.700. The first-order valence-corrected chi connectivity index (χ1v) is 3.80. The van der Waals surface area contributed by atoms with Gasteiger partial charge in [-0.2, -0.15) is 0 Å². The Morgan fingerprint density at radius 2 is 2.27 bits per heavy atom. The molecule has 0 saturated heterocycles. The van der Waals surface area contributed by atoms with Crippen molar-refractivity contribution in [2.45, 2.75) is 13.0 Å². The van der Waals surface area contributed by atoms with Crippen LogP contribution in [0.5, 0.6) is 0 Å². The van der Waals surface area contributed by atoms with E-state index in [0.29, 0.717) is 0 Å². The molecule has 0 bridgehead atoms. The van der Waals surface area contributed by atoms with Crippen molar-refractivity contribution < 1.29 is 18.8 Å². The van der Waals surface area contributed by atoms with Crippen LogP contribution in [0.4, 0.5) is 20.3 Å². The third kappa shape index (κ3) is 2.15. The number of pyridine rings is 1. The summed E-state index contributed by atoms with van der Waals surface area (Å²) in [7, 11) is 0. The van der Waals surface area contributed by atoms with Crippen LogP contribution in [0.15, 0.2) is 6.07 Å². The van der Waals surface area contributed by atoms with Gasteiger partial charge in [-0.05, 0) is 16.0 Å². The zero-order valence-corrected chi connectivity index (χ0v) is 7.35. The molecule has 1 aromatic heterocycles. The molecule has 3 N–H and O–H groups in total. The Morgan fingerprint density at radius 3 is 2.67 bits per heavy atom. The van der Waals surface area contributed by atoms with Gasteiger partial charge < -0.3 is 21.0 Å². The molecule has 0 aromatic carbocycles. The average molecular weight is 219 g/mol. The molecule has 0 aliphatic carbocycles. The fourth-order valence-electron chi connectivity index (χ4n) is 1.04. The first kappa shape index (κ1) is 11.2. The number of nitro groups is 1. The van der Waals surface area contributed by atoms with E-state index in [1.54, 1.807) is 0 Å². The Morgan fingerprint density at radius 1 is 1.67 bits per heavy atom. The summed E-state index contributed by atoms with van der Waals surface area (Å²) in [5, 5.41) is 19.1. The first-order valence-electron chi connectivity index (χ1n) is 3.80. The Labute approximate surface area is 82.5 Å². The van der Waals surface area contributed by atoms with Crippen LogP contribution in [-0.2, 0) is 6.61 Å². The zero-order chi connectivity index (χ0) is 11.6. The van der Waals surface area contributed by atoms with Gasteiger partial charge in [-0.1, -0.05) is 0 Å². The molecule has 0 radical (unpaired) electrons. The van der Waals surface area contributed by atoms with Crippen LogP contribution in [0.1, 0.15) is 17.7 Å². The van der Waals surface area contributed by atoms with Gasteiger partial charge >= 0.3 is 12.2 Å². The predicted octanol–water partition coefficient (Wildman–Crippen LogP) is 1.00. The van der Waals surface area contributed by atoms with Crippen LogP contribution in [-0.4, -0.2) is 15.0 Å². The van der Waals surface area contributed by atoms with E-state index in [0.717, 1.165) is 6.07 Å². The minimum atomic E-state index is -2.99. The van der Waals surface area contributed by atoms with E-state index in [9.17, 15) is 18.9 Å². The highest BCUT2D eigenvalue weighted by Crippen LogP contribution is 2.28. The molecule has 0 aliphatic rings. The number of nitrogen functional groups attached to an aromatic ring is 1.